The van der Waals surface area contributed by atoms with Gasteiger partial charge in [-0.3, -0.25) is 4.79 Å². The number of nitrogens with zero attached hydrogens (tertiary/aromatic N) is 1. The van der Waals surface area contributed by atoms with Gasteiger partial charge in [-0.25, -0.2) is 4.79 Å². The van der Waals surface area contributed by atoms with E-state index in [2.05, 4.69) is 47.2 Å². The number of nitrogens with one attached hydrogen (secondary N) is 2. The zero-order valence-corrected chi connectivity index (χ0v) is 18.9. The van der Waals surface area contributed by atoms with Crippen molar-refractivity contribution in [2.24, 2.45) is 0 Å². The van der Waals surface area contributed by atoms with E-state index in [0.717, 1.165) is 17.8 Å². The molecule has 3 aromatic rings. The first-order valence-corrected chi connectivity index (χ1v) is 10.9. The highest BCUT2D eigenvalue weighted by molar-refractivity contribution is 5.76. The van der Waals surface area contributed by atoms with E-state index < -0.39 is 6.04 Å². The summed E-state index contributed by atoms with van der Waals surface area (Å²) in [6.07, 6.45) is 2.10. The molecule has 0 spiro atoms. The van der Waals surface area contributed by atoms with Gasteiger partial charge in [-0.15, -0.1) is 0 Å². The third-order valence-electron chi connectivity index (χ3n) is 5.38. The van der Waals surface area contributed by atoms with Gasteiger partial charge in [0.15, 0.2) is 0 Å². The minimum Gasteiger partial charge on any atom is -0.466 e. The number of carbonyl (C=O) groups excluding carboxylic acids is 2. The van der Waals surface area contributed by atoms with Gasteiger partial charge < -0.3 is 19.9 Å². The number of amides is 2. The fourth-order valence-corrected chi connectivity index (χ4v) is 3.62. The van der Waals surface area contributed by atoms with Gasteiger partial charge in [-0.05, 0) is 49.6 Å². The van der Waals surface area contributed by atoms with Crippen LogP contribution < -0.4 is 10.6 Å². The van der Waals surface area contributed by atoms with Crippen LogP contribution in [0.15, 0.2) is 66.9 Å². The van der Waals surface area contributed by atoms with E-state index in [0.29, 0.717) is 13.2 Å². The average molecular weight is 434 g/mol. The van der Waals surface area contributed by atoms with E-state index in [1.165, 1.54) is 16.7 Å². The SMILES string of the molecule is CCOC(=O)C[C@H](NC(=O)NCc1cccn1Cc1cc(C)ccc1C)c1ccccc1. The number of benzene rings is 2. The van der Waals surface area contributed by atoms with Gasteiger partial charge in [0.2, 0.25) is 0 Å². The second kappa shape index (κ2) is 11.2. The molecule has 0 saturated heterocycles. The van der Waals surface area contributed by atoms with Crippen LogP contribution >= 0.6 is 0 Å². The Hall–Kier alpha value is -3.54. The van der Waals surface area contributed by atoms with Crippen molar-refractivity contribution < 1.29 is 14.3 Å². The van der Waals surface area contributed by atoms with Crippen molar-refractivity contribution in [2.45, 2.75) is 46.3 Å². The summed E-state index contributed by atoms with van der Waals surface area (Å²) in [5.74, 6) is -0.343. The van der Waals surface area contributed by atoms with Crippen LogP contribution in [0, 0.1) is 13.8 Å². The van der Waals surface area contributed by atoms with Crippen molar-refractivity contribution in [2.75, 3.05) is 6.61 Å². The Morgan fingerprint density at radius 2 is 1.81 bits per heavy atom. The van der Waals surface area contributed by atoms with Crippen LogP contribution in [0.25, 0.3) is 0 Å². The van der Waals surface area contributed by atoms with Gasteiger partial charge in [-0.1, -0.05) is 54.1 Å². The van der Waals surface area contributed by atoms with Crippen LogP contribution in [0.2, 0.25) is 0 Å². The maximum Gasteiger partial charge on any atom is 0.315 e. The molecule has 32 heavy (non-hydrogen) atoms. The smallest absolute Gasteiger partial charge is 0.315 e. The molecule has 168 valence electrons. The Morgan fingerprint density at radius 3 is 2.56 bits per heavy atom. The Labute approximate surface area is 189 Å². The molecule has 0 unspecified atom stereocenters. The molecule has 1 aromatic heterocycles. The molecule has 6 heteroatoms. The largest absolute Gasteiger partial charge is 0.466 e. The number of aryl methyl sites for hydroxylation is 2. The molecule has 0 fully saturated rings. The molecular formula is C26H31N3O3. The van der Waals surface area contributed by atoms with Gasteiger partial charge in [0.25, 0.3) is 0 Å². The lowest BCUT2D eigenvalue weighted by atomic mass is 10.0. The minimum absolute atomic E-state index is 0.0777. The molecule has 1 heterocycles. The summed E-state index contributed by atoms with van der Waals surface area (Å²) in [5.41, 5.74) is 5.58. The van der Waals surface area contributed by atoms with E-state index in [-0.39, 0.29) is 18.4 Å². The fraction of sp³-hybridized carbons (Fsp3) is 0.308. The van der Waals surface area contributed by atoms with Gasteiger partial charge >= 0.3 is 12.0 Å². The molecule has 0 radical (unpaired) electrons. The predicted octanol–water partition coefficient (Wildman–Crippen LogP) is 4.65. The molecule has 0 aliphatic carbocycles. The van der Waals surface area contributed by atoms with Crippen molar-refractivity contribution in [1.82, 2.24) is 15.2 Å². The summed E-state index contributed by atoms with van der Waals surface area (Å²) < 4.78 is 7.20. The summed E-state index contributed by atoms with van der Waals surface area (Å²) in [5, 5.41) is 5.83. The zero-order chi connectivity index (χ0) is 22.9. The molecule has 0 aliphatic rings. The molecule has 0 aliphatic heterocycles. The summed E-state index contributed by atoms with van der Waals surface area (Å²) in [4.78, 5) is 24.7. The summed E-state index contributed by atoms with van der Waals surface area (Å²) >= 11 is 0. The number of aromatic nitrogens is 1. The first kappa shape index (κ1) is 23.1. The van der Waals surface area contributed by atoms with E-state index in [9.17, 15) is 9.59 Å². The maximum atomic E-state index is 12.6. The fourth-order valence-electron chi connectivity index (χ4n) is 3.62. The maximum absolute atomic E-state index is 12.6. The minimum atomic E-state index is -0.461. The molecule has 0 bridgehead atoms. The Kier molecular flexibility index (Phi) is 8.08. The second-order valence-corrected chi connectivity index (χ2v) is 7.86. The molecule has 0 saturated carbocycles. The summed E-state index contributed by atoms with van der Waals surface area (Å²) in [6.45, 7) is 7.40. The normalized spacial score (nSPS) is 11.6. The van der Waals surface area contributed by atoms with Crippen molar-refractivity contribution >= 4 is 12.0 Å². The number of rotatable bonds is 9. The predicted molar refractivity (Wildman–Crippen MR) is 125 cm³/mol. The number of esters is 1. The standard InChI is InChI=1S/C26H31N3O3/c1-4-32-25(30)16-24(21-9-6-5-7-10-21)28-26(31)27-17-23-11-8-14-29(23)18-22-15-19(2)12-13-20(22)3/h5-15,24H,4,16-18H2,1-3H3,(H2,27,28,31)/t24-/m0/s1. The highest BCUT2D eigenvalue weighted by atomic mass is 16.5. The lowest BCUT2D eigenvalue weighted by Gasteiger charge is -2.19. The summed E-state index contributed by atoms with van der Waals surface area (Å²) in [6, 6.07) is 19.1. The number of ether oxygens (including phenoxy) is 1. The first-order valence-electron chi connectivity index (χ1n) is 10.9. The van der Waals surface area contributed by atoms with E-state index in [4.69, 9.17) is 4.74 Å². The van der Waals surface area contributed by atoms with Gasteiger partial charge in [-0.2, -0.15) is 0 Å². The van der Waals surface area contributed by atoms with Crippen LogP contribution in [-0.2, 0) is 22.6 Å². The van der Waals surface area contributed by atoms with Crippen molar-refractivity contribution in [3.63, 3.8) is 0 Å². The van der Waals surface area contributed by atoms with Crippen LogP contribution in [0.4, 0.5) is 4.79 Å². The third kappa shape index (κ3) is 6.48. The molecule has 2 N–H and O–H groups in total. The summed E-state index contributed by atoms with van der Waals surface area (Å²) in [7, 11) is 0. The van der Waals surface area contributed by atoms with Gasteiger partial charge in [0.1, 0.15) is 0 Å². The lowest BCUT2D eigenvalue weighted by Crippen LogP contribution is -2.38. The van der Waals surface area contributed by atoms with Gasteiger partial charge in [0.05, 0.1) is 25.6 Å². The lowest BCUT2D eigenvalue weighted by molar-refractivity contribution is -0.143. The Balaban J connectivity index is 1.63. The molecule has 1 atom stereocenters. The Morgan fingerprint density at radius 1 is 1.03 bits per heavy atom. The van der Waals surface area contributed by atoms with Crippen molar-refractivity contribution in [3.05, 3.63) is 94.8 Å². The third-order valence-corrected chi connectivity index (χ3v) is 5.38. The molecular weight excluding hydrogens is 402 g/mol. The molecule has 6 nitrogen and oxygen atoms in total. The van der Waals surface area contributed by atoms with Crippen LogP contribution in [0.1, 0.15) is 47.3 Å². The van der Waals surface area contributed by atoms with Crippen molar-refractivity contribution in [1.29, 1.82) is 0 Å². The molecule has 3 rings (SSSR count). The molecule has 2 amide bonds. The number of carbonyl (C=O) groups is 2. The van der Waals surface area contributed by atoms with Crippen LogP contribution in [-0.4, -0.2) is 23.2 Å². The number of hydrogen-bond acceptors (Lipinski definition) is 3. The quantitative estimate of drug-likeness (QED) is 0.483. The first-order chi connectivity index (χ1) is 15.5. The van der Waals surface area contributed by atoms with Crippen molar-refractivity contribution in [3.8, 4) is 0 Å². The number of hydrogen-bond donors (Lipinski definition) is 2. The monoisotopic (exact) mass is 433 g/mol. The average Bonchev–Trinajstić information content (AvgIpc) is 3.22. The van der Waals surface area contributed by atoms with Crippen LogP contribution in [0.5, 0.6) is 0 Å². The van der Waals surface area contributed by atoms with E-state index >= 15 is 0 Å². The highest BCUT2D eigenvalue weighted by Crippen LogP contribution is 2.18. The van der Waals surface area contributed by atoms with E-state index in [1.807, 2.05) is 48.7 Å². The second-order valence-electron chi connectivity index (χ2n) is 7.86. The topological polar surface area (TPSA) is 72.4 Å². The van der Waals surface area contributed by atoms with Gasteiger partial charge in [0, 0.05) is 18.4 Å². The Bertz CT molecular complexity index is 1040. The van der Waals surface area contributed by atoms with E-state index in [1.54, 1.807) is 6.92 Å². The highest BCUT2D eigenvalue weighted by Gasteiger charge is 2.19. The number of urea groups is 1. The van der Waals surface area contributed by atoms with Crippen LogP contribution in [0.3, 0.4) is 0 Å². The molecule has 2 aromatic carbocycles. The zero-order valence-electron chi connectivity index (χ0n) is 18.9.